The maximum atomic E-state index is 5.39. The summed E-state index contributed by atoms with van der Waals surface area (Å²) in [4.78, 5) is 7.13. The molecule has 0 amide bonds. The van der Waals surface area contributed by atoms with Crippen molar-refractivity contribution in [1.82, 2.24) is 20.7 Å². The Labute approximate surface area is 169 Å². The van der Waals surface area contributed by atoms with E-state index in [1.54, 1.807) is 0 Å². The van der Waals surface area contributed by atoms with E-state index in [0.29, 0.717) is 19.0 Å². The summed E-state index contributed by atoms with van der Waals surface area (Å²) in [6.45, 7) is 15.8. The van der Waals surface area contributed by atoms with E-state index < -0.39 is 0 Å². The van der Waals surface area contributed by atoms with E-state index in [4.69, 9.17) is 9.52 Å². The van der Waals surface area contributed by atoms with Gasteiger partial charge in [-0.2, -0.15) is 0 Å². The number of aromatic nitrogens is 1. The summed E-state index contributed by atoms with van der Waals surface area (Å²) in [5.74, 6) is 1.96. The highest BCUT2D eigenvalue weighted by Crippen LogP contribution is 2.14. The summed E-state index contributed by atoms with van der Waals surface area (Å²) < 4.78 is 5.39. The van der Waals surface area contributed by atoms with Crippen LogP contribution in [0.5, 0.6) is 0 Å². The van der Waals surface area contributed by atoms with Crippen LogP contribution in [-0.4, -0.2) is 35.7 Å². The van der Waals surface area contributed by atoms with Gasteiger partial charge in [0.05, 0.1) is 18.8 Å². The first-order valence-electron chi connectivity index (χ1n) is 10.3. The zero-order valence-corrected chi connectivity index (χ0v) is 18.0. The number of hydrogen-bond donors (Lipinski definition) is 2. The van der Waals surface area contributed by atoms with Gasteiger partial charge in [-0.1, -0.05) is 57.1 Å². The van der Waals surface area contributed by atoms with E-state index in [0.717, 1.165) is 43.6 Å². The third-order valence-corrected chi connectivity index (χ3v) is 4.65. The molecule has 0 aliphatic heterocycles. The van der Waals surface area contributed by atoms with Crippen LogP contribution < -0.4 is 10.6 Å². The molecule has 0 aliphatic rings. The van der Waals surface area contributed by atoms with E-state index in [1.165, 1.54) is 11.1 Å². The Morgan fingerprint density at radius 2 is 1.86 bits per heavy atom. The van der Waals surface area contributed by atoms with Gasteiger partial charge in [0, 0.05) is 19.2 Å². The van der Waals surface area contributed by atoms with Gasteiger partial charge < -0.3 is 15.2 Å². The van der Waals surface area contributed by atoms with Crippen molar-refractivity contribution in [2.24, 2.45) is 4.99 Å². The normalized spacial score (nSPS) is 12.0. The molecule has 28 heavy (non-hydrogen) atoms. The van der Waals surface area contributed by atoms with E-state index in [9.17, 15) is 0 Å². The lowest BCUT2D eigenvalue weighted by molar-refractivity contribution is 0.296. The Hall–Kier alpha value is -2.34. The second kappa shape index (κ2) is 11.5. The molecule has 6 nitrogen and oxygen atoms in total. The maximum absolute atomic E-state index is 5.39. The zero-order valence-electron chi connectivity index (χ0n) is 18.0. The van der Waals surface area contributed by atoms with Crippen molar-refractivity contribution in [2.75, 3.05) is 19.6 Å². The van der Waals surface area contributed by atoms with Crippen molar-refractivity contribution in [3.05, 3.63) is 52.9 Å². The van der Waals surface area contributed by atoms with Gasteiger partial charge in [-0.25, -0.2) is 4.99 Å². The predicted octanol–water partition coefficient (Wildman–Crippen LogP) is 3.90. The molecule has 0 bridgehead atoms. The van der Waals surface area contributed by atoms with Crippen molar-refractivity contribution < 1.29 is 4.52 Å². The summed E-state index contributed by atoms with van der Waals surface area (Å²) in [6.07, 6.45) is 0. The summed E-state index contributed by atoms with van der Waals surface area (Å²) >= 11 is 0. The molecule has 1 aromatic heterocycles. The second-order valence-electron chi connectivity index (χ2n) is 7.20. The van der Waals surface area contributed by atoms with Gasteiger partial charge in [-0.3, -0.25) is 4.90 Å². The molecule has 0 atom stereocenters. The molecule has 0 saturated heterocycles. The van der Waals surface area contributed by atoms with Crippen LogP contribution in [0.2, 0.25) is 0 Å². The third kappa shape index (κ3) is 7.00. The largest absolute Gasteiger partial charge is 0.359 e. The topological polar surface area (TPSA) is 65.7 Å². The number of nitrogens with zero attached hydrogens (tertiary/aromatic N) is 3. The molecule has 2 rings (SSSR count). The van der Waals surface area contributed by atoms with Crippen molar-refractivity contribution in [2.45, 2.75) is 60.2 Å². The highest BCUT2D eigenvalue weighted by atomic mass is 16.5. The van der Waals surface area contributed by atoms with Crippen LogP contribution in [0.3, 0.4) is 0 Å². The number of hydrogen-bond acceptors (Lipinski definition) is 4. The summed E-state index contributed by atoms with van der Waals surface area (Å²) in [7, 11) is 0. The number of aliphatic imine (C=N–C) groups is 1. The van der Waals surface area contributed by atoms with E-state index in [1.807, 2.05) is 6.07 Å². The Morgan fingerprint density at radius 1 is 1.11 bits per heavy atom. The summed E-state index contributed by atoms with van der Waals surface area (Å²) in [5, 5.41) is 10.7. The van der Waals surface area contributed by atoms with Crippen LogP contribution in [0.25, 0.3) is 0 Å². The average Bonchev–Trinajstić information content (AvgIpc) is 3.18. The molecular weight excluding hydrogens is 350 g/mol. The lowest BCUT2D eigenvalue weighted by Gasteiger charge is -2.18. The fourth-order valence-corrected chi connectivity index (χ4v) is 2.90. The number of rotatable bonds is 10. The van der Waals surface area contributed by atoms with Crippen LogP contribution in [-0.2, 0) is 19.6 Å². The minimum atomic E-state index is 0.364. The molecular formula is C22H35N5O. The lowest BCUT2D eigenvalue weighted by Crippen LogP contribution is -2.36. The van der Waals surface area contributed by atoms with Gasteiger partial charge in [-0.05, 0) is 37.1 Å². The van der Waals surface area contributed by atoms with Gasteiger partial charge in [0.2, 0.25) is 0 Å². The quantitative estimate of drug-likeness (QED) is 0.480. The Bertz CT molecular complexity index is 734. The van der Waals surface area contributed by atoms with E-state index in [2.05, 4.69) is 79.6 Å². The number of nitrogens with one attached hydrogen (secondary N) is 2. The Balaban J connectivity index is 1.97. The zero-order chi connectivity index (χ0) is 20.4. The van der Waals surface area contributed by atoms with Crippen molar-refractivity contribution in [1.29, 1.82) is 0 Å². The standard InChI is InChI=1S/C22H35N5O/c1-6-23-22(25-15-20-13-21(17(4)5)26-28-20)24-14-18-10-9-11-19(12-18)16-27(7-2)8-3/h9-13,17H,6-8,14-16H2,1-5H3,(H2,23,24,25). The fourth-order valence-electron chi connectivity index (χ4n) is 2.90. The second-order valence-corrected chi connectivity index (χ2v) is 7.20. The first kappa shape index (κ1) is 22.0. The fraction of sp³-hybridized carbons (Fsp3) is 0.545. The minimum absolute atomic E-state index is 0.364. The van der Waals surface area contributed by atoms with Gasteiger partial charge in [0.15, 0.2) is 11.7 Å². The Morgan fingerprint density at radius 3 is 2.50 bits per heavy atom. The molecule has 0 radical (unpaired) electrons. The van der Waals surface area contributed by atoms with Gasteiger partial charge in [0.1, 0.15) is 0 Å². The average molecular weight is 386 g/mol. The van der Waals surface area contributed by atoms with Crippen LogP contribution in [0.4, 0.5) is 0 Å². The van der Waals surface area contributed by atoms with Crippen LogP contribution in [0, 0.1) is 0 Å². The molecule has 1 aromatic carbocycles. The van der Waals surface area contributed by atoms with Crippen molar-refractivity contribution >= 4 is 5.96 Å². The molecule has 0 aliphatic carbocycles. The first-order chi connectivity index (χ1) is 13.5. The van der Waals surface area contributed by atoms with E-state index in [-0.39, 0.29) is 0 Å². The van der Waals surface area contributed by atoms with Crippen LogP contribution >= 0.6 is 0 Å². The first-order valence-corrected chi connectivity index (χ1v) is 10.3. The summed E-state index contributed by atoms with van der Waals surface area (Å²) in [5.41, 5.74) is 3.52. The minimum Gasteiger partial charge on any atom is -0.359 e. The smallest absolute Gasteiger partial charge is 0.191 e. The molecule has 0 fully saturated rings. The monoisotopic (exact) mass is 385 g/mol. The molecule has 0 unspecified atom stereocenters. The molecule has 2 N–H and O–H groups in total. The molecule has 6 heteroatoms. The Kier molecular flexibility index (Phi) is 9.01. The van der Waals surface area contributed by atoms with Crippen LogP contribution in [0.15, 0.2) is 39.8 Å². The SMILES string of the molecule is CCNC(=NCc1cccc(CN(CC)CC)c1)NCc1cc(C(C)C)no1. The van der Waals surface area contributed by atoms with Crippen molar-refractivity contribution in [3.8, 4) is 0 Å². The van der Waals surface area contributed by atoms with Gasteiger partial charge in [0.25, 0.3) is 0 Å². The van der Waals surface area contributed by atoms with Gasteiger partial charge >= 0.3 is 0 Å². The molecule has 154 valence electrons. The molecule has 0 spiro atoms. The molecule has 0 saturated carbocycles. The highest BCUT2D eigenvalue weighted by molar-refractivity contribution is 5.79. The van der Waals surface area contributed by atoms with Gasteiger partial charge in [-0.15, -0.1) is 0 Å². The maximum Gasteiger partial charge on any atom is 0.191 e. The van der Waals surface area contributed by atoms with E-state index >= 15 is 0 Å². The third-order valence-electron chi connectivity index (χ3n) is 4.65. The van der Waals surface area contributed by atoms with Crippen molar-refractivity contribution in [3.63, 3.8) is 0 Å². The number of guanidine groups is 1. The number of benzene rings is 1. The highest BCUT2D eigenvalue weighted by Gasteiger charge is 2.08. The lowest BCUT2D eigenvalue weighted by atomic mass is 10.1. The molecule has 1 heterocycles. The molecule has 2 aromatic rings. The predicted molar refractivity (Wildman–Crippen MR) is 115 cm³/mol. The summed E-state index contributed by atoms with van der Waals surface area (Å²) in [6, 6.07) is 10.7. The van der Waals surface area contributed by atoms with Crippen LogP contribution in [0.1, 0.15) is 63.1 Å².